The van der Waals surface area contributed by atoms with Gasteiger partial charge in [0.25, 0.3) is 0 Å². The summed E-state index contributed by atoms with van der Waals surface area (Å²) in [6, 6.07) is 6.48. The molecule has 0 amide bonds. The Balaban J connectivity index is 2.36. The van der Waals surface area contributed by atoms with Crippen LogP contribution in [0, 0.1) is 20.8 Å². The third-order valence-electron chi connectivity index (χ3n) is 3.03. The second kappa shape index (κ2) is 3.70. The molecule has 0 atom stereocenters. The fourth-order valence-electron chi connectivity index (χ4n) is 2.27. The van der Waals surface area contributed by atoms with Crippen molar-refractivity contribution in [3.05, 3.63) is 46.6 Å². The van der Waals surface area contributed by atoms with Crippen molar-refractivity contribution >= 4 is 17.0 Å². The molecule has 0 saturated carbocycles. The fraction of sp³-hybridized carbons (Fsp3) is 0.214. The van der Waals surface area contributed by atoms with E-state index in [9.17, 15) is 0 Å². The largest absolute Gasteiger partial charge is 0.296 e. The van der Waals surface area contributed by atoms with E-state index in [4.69, 9.17) is 0 Å². The van der Waals surface area contributed by atoms with E-state index in [0.717, 1.165) is 5.65 Å². The first-order valence-electron chi connectivity index (χ1n) is 5.66. The Morgan fingerprint density at radius 2 is 2.00 bits per heavy atom. The Bertz CT molecular complexity index is 691. The molecule has 0 radical (unpaired) electrons. The Morgan fingerprint density at radius 1 is 1.18 bits per heavy atom. The van der Waals surface area contributed by atoms with Crippen molar-refractivity contribution in [2.45, 2.75) is 20.8 Å². The zero-order chi connectivity index (χ0) is 12.0. The van der Waals surface area contributed by atoms with E-state index in [1.807, 2.05) is 6.20 Å². The average molecular weight is 242 g/mol. The Kier molecular flexibility index (Phi) is 2.30. The molecule has 17 heavy (non-hydrogen) atoms. The second-order valence-corrected chi connectivity index (χ2v) is 5.36. The van der Waals surface area contributed by atoms with Crippen molar-refractivity contribution in [3.8, 4) is 10.6 Å². The predicted octanol–water partition coefficient (Wildman–Crippen LogP) is 3.99. The second-order valence-electron chi connectivity index (χ2n) is 4.44. The lowest BCUT2D eigenvalue weighted by molar-refractivity contribution is 1.09. The third-order valence-corrected chi connectivity index (χ3v) is 4.07. The van der Waals surface area contributed by atoms with Gasteiger partial charge in [0.1, 0.15) is 5.65 Å². The molecular formula is C14H14N2S. The van der Waals surface area contributed by atoms with Crippen LogP contribution in [-0.2, 0) is 0 Å². The highest BCUT2D eigenvalue weighted by Crippen LogP contribution is 2.30. The molecule has 0 aliphatic rings. The first-order valence-corrected chi connectivity index (χ1v) is 6.54. The number of fused-ring (bicyclic) bond motifs is 1. The number of rotatable bonds is 1. The molecule has 0 bridgehead atoms. The van der Waals surface area contributed by atoms with Crippen LogP contribution < -0.4 is 0 Å². The molecule has 0 aliphatic heterocycles. The molecule has 3 aromatic rings. The van der Waals surface area contributed by atoms with Crippen molar-refractivity contribution in [1.29, 1.82) is 0 Å². The molecule has 86 valence electrons. The van der Waals surface area contributed by atoms with Crippen LogP contribution in [0.15, 0.2) is 29.8 Å². The van der Waals surface area contributed by atoms with E-state index >= 15 is 0 Å². The maximum atomic E-state index is 4.51. The number of hydrogen-bond acceptors (Lipinski definition) is 2. The van der Waals surface area contributed by atoms with Gasteiger partial charge >= 0.3 is 0 Å². The summed E-state index contributed by atoms with van der Waals surface area (Å²) < 4.78 is 2.23. The minimum atomic E-state index is 1.03. The molecule has 0 unspecified atom stereocenters. The van der Waals surface area contributed by atoms with Crippen molar-refractivity contribution in [2.24, 2.45) is 0 Å². The molecule has 2 nitrogen and oxygen atoms in total. The monoisotopic (exact) mass is 242 g/mol. The van der Waals surface area contributed by atoms with Crippen molar-refractivity contribution in [3.63, 3.8) is 0 Å². The minimum absolute atomic E-state index is 1.03. The van der Waals surface area contributed by atoms with Gasteiger partial charge in [-0.15, -0.1) is 11.3 Å². The molecule has 3 aromatic heterocycles. The molecular weight excluding hydrogens is 228 g/mol. The van der Waals surface area contributed by atoms with Crippen molar-refractivity contribution in [1.82, 2.24) is 9.38 Å². The maximum absolute atomic E-state index is 4.51. The van der Waals surface area contributed by atoms with Crippen LogP contribution in [0.2, 0.25) is 0 Å². The van der Waals surface area contributed by atoms with Gasteiger partial charge in [-0.2, -0.15) is 0 Å². The molecule has 0 N–H and O–H groups in total. The summed E-state index contributed by atoms with van der Waals surface area (Å²) in [5, 5.41) is 2.13. The topological polar surface area (TPSA) is 17.3 Å². The summed E-state index contributed by atoms with van der Waals surface area (Å²) in [5.41, 5.74) is 6.04. The lowest BCUT2D eigenvalue weighted by atomic mass is 10.2. The normalized spacial score (nSPS) is 11.2. The highest BCUT2D eigenvalue weighted by atomic mass is 32.1. The van der Waals surface area contributed by atoms with Crippen LogP contribution >= 0.6 is 11.3 Å². The van der Waals surface area contributed by atoms with E-state index in [2.05, 4.69) is 53.7 Å². The number of aromatic nitrogens is 2. The summed E-state index contributed by atoms with van der Waals surface area (Å²) in [7, 11) is 0. The zero-order valence-electron chi connectivity index (χ0n) is 10.2. The molecule has 0 aliphatic carbocycles. The Labute approximate surface area is 105 Å². The van der Waals surface area contributed by atoms with Crippen molar-refractivity contribution in [2.75, 3.05) is 0 Å². The number of hydrogen-bond donors (Lipinski definition) is 0. The van der Waals surface area contributed by atoms with Gasteiger partial charge in [-0.1, -0.05) is 0 Å². The Morgan fingerprint density at radius 3 is 2.71 bits per heavy atom. The van der Waals surface area contributed by atoms with Gasteiger partial charge in [0.15, 0.2) is 0 Å². The van der Waals surface area contributed by atoms with E-state index in [-0.39, 0.29) is 0 Å². The zero-order valence-corrected chi connectivity index (χ0v) is 11.0. The molecule has 0 spiro atoms. The first kappa shape index (κ1) is 10.5. The molecule has 0 fully saturated rings. The predicted molar refractivity (Wildman–Crippen MR) is 72.7 cm³/mol. The number of thiophene rings is 1. The van der Waals surface area contributed by atoms with E-state index in [1.54, 1.807) is 11.3 Å². The standard InChI is InChI=1S/C14H14N2S/c1-9-6-11(3)16-12(8-15-13(16)7-9)14-10(2)4-5-17-14/h4-8H,1-3H3. The molecule has 3 heterocycles. The summed E-state index contributed by atoms with van der Waals surface area (Å²) in [4.78, 5) is 5.82. The van der Waals surface area contributed by atoms with Crippen LogP contribution in [0.25, 0.3) is 16.2 Å². The summed E-state index contributed by atoms with van der Waals surface area (Å²) in [6.07, 6.45) is 1.97. The highest BCUT2D eigenvalue weighted by Gasteiger charge is 2.11. The van der Waals surface area contributed by atoms with E-state index in [1.165, 1.54) is 27.4 Å². The lowest BCUT2D eigenvalue weighted by Gasteiger charge is -2.06. The first-order chi connectivity index (χ1) is 8.16. The molecule has 3 rings (SSSR count). The van der Waals surface area contributed by atoms with Gasteiger partial charge in [-0.05, 0) is 55.5 Å². The Hall–Kier alpha value is -1.61. The van der Waals surface area contributed by atoms with E-state index in [0.29, 0.717) is 0 Å². The minimum Gasteiger partial charge on any atom is -0.296 e. The van der Waals surface area contributed by atoms with Crippen LogP contribution in [0.4, 0.5) is 0 Å². The highest BCUT2D eigenvalue weighted by molar-refractivity contribution is 7.13. The summed E-state index contributed by atoms with van der Waals surface area (Å²) in [5.74, 6) is 0. The van der Waals surface area contributed by atoms with Crippen LogP contribution in [0.1, 0.15) is 16.8 Å². The third kappa shape index (κ3) is 1.58. The average Bonchev–Trinajstić information content (AvgIpc) is 2.83. The van der Waals surface area contributed by atoms with Crippen molar-refractivity contribution < 1.29 is 0 Å². The van der Waals surface area contributed by atoms with Gasteiger partial charge in [0.05, 0.1) is 16.8 Å². The molecule has 3 heteroatoms. The van der Waals surface area contributed by atoms with Crippen LogP contribution in [-0.4, -0.2) is 9.38 Å². The number of imidazole rings is 1. The molecule has 0 saturated heterocycles. The SMILES string of the molecule is Cc1cc(C)n2c(-c3sccc3C)cnc2c1. The van der Waals surface area contributed by atoms with Gasteiger partial charge in [0.2, 0.25) is 0 Å². The van der Waals surface area contributed by atoms with Gasteiger partial charge in [-0.25, -0.2) is 4.98 Å². The van der Waals surface area contributed by atoms with Crippen LogP contribution in [0.3, 0.4) is 0 Å². The summed E-state index contributed by atoms with van der Waals surface area (Å²) >= 11 is 1.77. The quantitative estimate of drug-likeness (QED) is 0.630. The maximum Gasteiger partial charge on any atom is 0.137 e. The number of nitrogens with zero attached hydrogens (tertiary/aromatic N) is 2. The van der Waals surface area contributed by atoms with Gasteiger partial charge in [-0.3, -0.25) is 4.40 Å². The smallest absolute Gasteiger partial charge is 0.137 e. The van der Waals surface area contributed by atoms with E-state index < -0.39 is 0 Å². The number of aryl methyl sites for hydroxylation is 3. The fourth-order valence-corrected chi connectivity index (χ4v) is 3.20. The lowest BCUT2D eigenvalue weighted by Crippen LogP contribution is -1.94. The summed E-state index contributed by atoms with van der Waals surface area (Å²) in [6.45, 7) is 6.39. The molecule has 0 aromatic carbocycles. The number of pyridine rings is 1. The van der Waals surface area contributed by atoms with Crippen LogP contribution in [0.5, 0.6) is 0 Å². The van der Waals surface area contributed by atoms with Gasteiger partial charge < -0.3 is 0 Å². The van der Waals surface area contributed by atoms with Gasteiger partial charge in [0, 0.05) is 5.69 Å².